The Hall–Kier alpha value is -3.04. The summed E-state index contributed by atoms with van der Waals surface area (Å²) >= 11 is 0. The molecule has 0 saturated carbocycles. The number of esters is 1. The molecule has 1 saturated heterocycles. The van der Waals surface area contributed by atoms with Gasteiger partial charge in [-0.25, -0.2) is 9.59 Å². The summed E-state index contributed by atoms with van der Waals surface area (Å²) in [5, 5.41) is 10.8. The standard InChI is InChI=1S/C14H16N2O8/c1-21-12-8-10(2-3-11(12)16(19)20)24-9-13(17)22-6-4-15-5-7-23-14(15)18/h2-3,8H,4-7,9H2,1H3. The number of methoxy groups -OCH3 is 1. The Labute approximate surface area is 137 Å². The molecule has 0 aliphatic carbocycles. The van der Waals surface area contributed by atoms with Crippen molar-refractivity contribution >= 4 is 17.7 Å². The third-order valence-electron chi connectivity index (χ3n) is 3.17. The van der Waals surface area contributed by atoms with Gasteiger partial charge in [0.2, 0.25) is 5.75 Å². The monoisotopic (exact) mass is 340 g/mol. The first-order chi connectivity index (χ1) is 11.5. The number of nitro groups is 1. The van der Waals surface area contributed by atoms with Crippen molar-refractivity contribution in [3.63, 3.8) is 0 Å². The Morgan fingerprint density at radius 1 is 1.46 bits per heavy atom. The van der Waals surface area contributed by atoms with Crippen LogP contribution in [-0.4, -0.2) is 61.9 Å². The van der Waals surface area contributed by atoms with Gasteiger partial charge >= 0.3 is 17.7 Å². The molecule has 10 heteroatoms. The van der Waals surface area contributed by atoms with E-state index in [1.54, 1.807) is 0 Å². The lowest BCUT2D eigenvalue weighted by molar-refractivity contribution is -0.385. The highest BCUT2D eigenvalue weighted by Gasteiger charge is 2.21. The number of benzene rings is 1. The number of hydrogen-bond donors (Lipinski definition) is 0. The van der Waals surface area contributed by atoms with Gasteiger partial charge in [0.25, 0.3) is 0 Å². The van der Waals surface area contributed by atoms with Crippen LogP contribution < -0.4 is 9.47 Å². The lowest BCUT2D eigenvalue weighted by Gasteiger charge is -2.12. The van der Waals surface area contributed by atoms with Gasteiger partial charge in [0.15, 0.2) is 6.61 Å². The molecule has 1 heterocycles. The number of nitro benzene ring substituents is 1. The second-order valence-corrected chi connectivity index (χ2v) is 4.70. The number of nitrogens with zero attached hydrogens (tertiary/aromatic N) is 2. The first-order valence-corrected chi connectivity index (χ1v) is 7.04. The zero-order valence-corrected chi connectivity index (χ0v) is 12.9. The molecular formula is C14H16N2O8. The third-order valence-corrected chi connectivity index (χ3v) is 3.17. The van der Waals surface area contributed by atoms with Crippen molar-refractivity contribution in [1.82, 2.24) is 4.90 Å². The molecular weight excluding hydrogens is 324 g/mol. The van der Waals surface area contributed by atoms with Crippen molar-refractivity contribution in [3.05, 3.63) is 28.3 Å². The van der Waals surface area contributed by atoms with Gasteiger partial charge in [0.1, 0.15) is 19.0 Å². The topological polar surface area (TPSA) is 117 Å². The molecule has 24 heavy (non-hydrogen) atoms. The van der Waals surface area contributed by atoms with Gasteiger partial charge in [0, 0.05) is 12.1 Å². The summed E-state index contributed by atoms with van der Waals surface area (Å²) in [5.41, 5.74) is -0.204. The minimum atomic E-state index is -0.625. The summed E-state index contributed by atoms with van der Waals surface area (Å²) in [5.74, 6) is -0.365. The van der Waals surface area contributed by atoms with E-state index in [1.807, 2.05) is 0 Å². The smallest absolute Gasteiger partial charge is 0.410 e. The summed E-state index contributed by atoms with van der Waals surface area (Å²) in [6, 6.07) is 3.89. The SMILES string of the molecule is COc1cc(OCC(=O)OCCN2CCOC2=O)ccc1[N+](=O)[O-]. The van der Waals surface area contributed by atoms with E-state index in [-0.39, 0.29) is 36.9 Å². The molecule has 2 rings (SSSR count). The number of carbonyl (C=O) groups excluding carboxylic acids is 2. The molecule has 1 aromatic carbocycles. The Kier molecular flexibility index (Phi) is 5.77. The van der Waals surface area contributed by atoms with E-state index in [4.69, 9.17) is 18.9 Å². The highest BCUT2D eigenvalue weighted by atomic mass is 16.6. The van der Waals surface area contributed by atoms with Crippen LogP contribution in [0.15, 0.2) is 18.2 Å². The number of rotatable bonds is 8. The van der Waals surface area contributed by atoms with Crippen LogP contribution in [0.1, 0.15) is 0 Å². The molecule has 130 valence electrons. The van der Waals surface area contributed by atoms with E-state index < -0.39 is 17.0 Å². The predicted molar refractivity (Wildman–Crippen MR) is 79.0 cm³/mol. The lowest BCUT2D eigenvalue weighted by atomic mass is 10.3. The second kappa shape index (κ2) is 7.99. The van der Waals surface area contributed by atoms with Gasteiger partial charge in [-0.1, -0.05) is 0 Å². The zero-order chi connectivity index (χ0) is 17.5. The van der Waals surface area contributed by atoms with Crippen molar-refractivity contribution in [3.8, 4) is 11.5 Å². The Morgan fingerprint density at radius 2 is 2.25 bits per heavy atom. The first-order valence-electron chi connectivity index (χ1n) is 7.04. The van der Waals surface area contributed by atoms with E-state index in [0.29, 0.717) is 13.2 Å². The van der Waals surface area contributed by atoms with Crippen LogP contribution in [0.25, 0.3) is 0 Å². The van der Waals surface area contributed by atoms with Crippen LogP contribution in [-0.2, 0) is 14.3 Å². The van der Waals surface area contributed by atoms with E-state index in [0.717, 1.165) is 0 Å². The largest absolute Gasteiger partial charge is 0.490 e. The van der Waals surface area contributed by atoms with Gasteiger partial charge in [0.05, 0.1) is 25.1 Å². The van der Waals surface area contributed by atoms with Crippen LogP contribution in [0.4, 0.5) is 10.5 Å². The molecule has 0 N–H and O–H groups in total. The molecule has 0 bridgehead atoms. The van der Waals surface area contributed by atoms with E-state index in [9.17, 15) is 19.7 Å². The normalized spacial score (nSPS) is 13.4. The Bertz CT molecular complexity index is 633. The molecule has 0 unspecified atom stereocenters. The van der Waals surface area contributed by atoms with Crippen LogP contribution in [0, 0.1) is 10.1 Å². The molecule has 1 aromatic rings. The molecule has 1 aliphatic rings. The van der Waals surface area contributed by atoms with Gasteiger partial charge in [-0.05, 0) is 6.07 Å². The zero-order valence-electron chi connectivity index (χ0n) is 12.9. The van der Waals surface area contributed by atoms with Gasteiger partial charge in [-0.15, -0.1) is 0 Å². The maximum Gasteiger partial charge on any atom is 0.410 e. The molecule has 0 spiro atoms. The predicted octanol–water partition coefficient (Wildman–Crippen LogP) is 0.978. The summed E-state index contributed by atoms with van der Waals surface area (Å²) in [7, 11) is 1.30. The average Bonchev–Trinajstić information content (AvgIpc) is 2.97. The lowest BCUT2D eigenvalue weighted by Crippen LogP contribution is -2.29. The van der Waals surface area contributed by atoms with Crippen molar-refractivity contribution in [2.45, 2.75) is 0 Å². The molecule has 1 fully saturated rings. The number of hydrogen-bond acceptors (Lipinski definition) is 8. The minimum absolute atomic E-state index is 0.0263. The highest BCUT2D eigenvalue weighted by molar-refractivity contribution is 5.71. The maximum absolute atomic E-state index is 11.6. The fourth-order valence-corrected chi connectivity index (χ4v) is 1.98. The highest BCUT2D eigenvalue weighted by Crippen LogP contribution is 2.30. The Balaban J connectivity index is 1.77. The summed E-state index contributed by atoms with van der Waals surface area (Å²) in [4.78, 5) is 34.4. The van der Waals surface area contributed by atoms with Crippen molar-refractivity contribution in [2.75, 3.05) is 40.0 Å². The number of ether oxygens (including phenoxy) is 4. The summed E-state index contributed by atoms with van der Waals surface area (Å²) in [6.07, 6.45) is -0.430. The quantitative estimate of drug-likeness (QED) is 0.390. The molecule has 1 amide bonds. The fourth-order valence-electron chi connectivity index (χ4n) is 1.98. The number of cyclic esters (lactones) is 1. The van der Waals surface area contributed by atoms with E-state index >= 15 is 0 Å². The molecule has 1 aliphatic heterocycles. The first kappa shape index (κ1) is 17.3. The fraction of sp³-hybridized carbons (Fsp3) is 0.429. The number of carbonyl (C=O) groups is 2. The summed E-state index contributed by atoms with van der Waals surface area (Å²) < 4.78 is 19.8. The van der Waals surface area contributed by atoms with Crippen LogP contribution in [0.3, 0.4) is 0 Å². The Morgan fingerprint density at radius 3 is 2.88 bits per heavy atom. The van der Waals surface area contributed by atoms with Crippen molar-refractivity contribution in [2.24, 2.45) is 0 Å². The van der Waals surface area contributed by atoms with Gasteiger partial charge in [-0.2, -0.15) is 0 Å². The second-order valence-electron chi connectivity index (χ2n) is 4.70. The van der Waals surface area contributed by atoms with Crippen molar-refractivity contribution in [1.29, 1.82) is 0 Å². The van der Waals surface area contributed by atoms with Gasteiger partial charge in [-0.3, -0.25) is 10.1 Å². The molecule has 10 nitrogen and oxygen atoms in total. The summed E-state index contributed by atoms with van der Waals surface area (Å²) in [6.45, 7) is 0.704. The van der Waals surface area contributed by atoms with E-state index in [2.05, 4.69) is 0 Å². The van der Waals surface area contributed by atoms with Crippen LogP contribution in [0.5, 0.6) is 11.5 Å². The van der Waals surface area contributed by atoms with E-state index in [1.165, 1.54) is 30.2 Å². The van der Waals surface area contributed by atoms with Crippen LogP contribution in [0.2, 0.25) is 0 Å². The van der Waals surface area contributed by atoms with Gasteiger partial charge < -0.3 is 23.8 Å². The molecule has 0 atom stereocenters. The number of amides is 1. The van der Waals surface area contributed by atoms with Crippen LogP contribution >= 0.6 is 0 Å². The van der Waals surface area contributed by atoms with Crippen molar-refractivity contribution < 1.29 is 33.5 Å². The minimum Gasteiger partial charge on any atom is -0.490 e. The molecule has 0 aromatic heterocycles. The maximum atomic E-state index is 11.6. The average molecular weight is 340 g/mol. The third kappa shape index (κ3) is 4.48. The molecule has 0 radical (unpaired) electrons.